The molecule has 0 unspecified atom stereocenters. The first-order valence-electron chi connectivity index (χ1n) is 6.66. The number of carbonyl (C=O) groups excluding carboxylic acids is 2. The lowest BCUT2D eigenvalue weighted by molar-refractivity contribution is -0.126. The predicted molar refractivity (Wildman–Crippen MR) is 74.4 cm³/mol. The molecule has 2 rings (SSSR count). The van der Waals surface area contributed by atoms with Gasteiger partial charge in [-0.15, -0.1) is 0 Å². The van der Waals surface area contributed by atoms with Crippen molar-refractivity contribution in [3.8, 4) is 0 Å². The van der Waals surface area contributed by atoms with Crippen LogP contribution >= 0.6 is 11.6 Å². The lowest BCUT2D eigenvalue weighted by Gasteiger charge is -2.31. The second kappa shape index (κ2) is 6.65. The second-order valence-electron chi connectivity index (χ2n) is 4.69. The van der Waals surface area contributed by atoms with Crippen LogP contribution < -0.4 is 5.32 Å². The zero-order valence-corrected chi connectivity index (χ0v) is 12.1. The molecule has 0 saturated carbocycles. The summed E-state index contributed by atoms with van der Waals surface area (Å²) < 4.78 is 0. The summed E-state index contributed by atoms with van der Waals surface area (Å²) in [4.78, 5) is 33.5. The molecule has 0 bridgehead atoms. The molecule has 0 atom stereocenters. The van der Waals surface area contributed by atoms with E-state index >= 15 is 0 Å². The van der Waals surface area contributed by atoms with Gasteiger partial charge in [-0.25, -0.2) is 4.98 Å². The maximum absolute atomic E-state index is 12.2. The number of likely N-dealkylation sites (tertiary alicyclic amines) is 1. The summed E-state index contributed by atoms with van der Waals surface area (Å²) in [6, 6.07) is 0. The molecule has 1 aliphatic heterocycles. The maximum Gasteiger partial charge on any atom is 0.274 e. The minimum absolute atomic E-state index is 0.00977. The van der Waals surface area contributed by atoms with Crippen LogP contribution in [0.1, 0.15) is 30.3 Å². The van der Waals surface area contributed by atoms with Gasteiger partial charge in [-0.3, -0.25) is 14.6 Å². The van der Waals surface area contributed by atoms with Crippen LogP contribution in [-0.4, -0.2) is 46.3 Å². The van der Waals surface area contributed by atoms with Gasteiger partial charge in [0.1, 0.15) is 10.8 Å². The van der Waals surface area contributed by atoms with Gasteiger partial charge in [0.25, 0.3) is 5.91 Å². The van der Waals surface area contributed by atoms with Crippen LogP contribution in [0.15, 0.2) is 12.4 Å². The Labute approximate surface area is 122 Å². The molecular formula is C13H17ClN4O2. The van der Waals surface area contributed by atoms with Crippen molar-refractivity contribution in [1.82, 2.24) is 20.2 Å². The summed E-state index contributed by atoms with van der Waals surface area (Å²) in [7, 11) is 0. The van der Waals surface area contributed by atoms with Crippen molar-refractivity contribution in [3.63, 3.8) is 0 Å². The summed E-state index contributed by atoms with van der Waals surface area (Å²) in [5.74, 6) is -0.124. The van der Waals surface area contributed by atoms with E-state index in [0.29, 0.717) is 32.5 Å². The van der Waals surface area contributed by atoms with Gasteiger partial charge >= 0.3 is 0 Å². The normalized spacial score (nSPS) is 16.0. The Bertz CT molecular complexity index is 501. The van der Waals surface area contributed by atoms with Crippen LogP contribution in [0.25, 0.3) is 0 Å². The molecule has 108 valence electrons. The Kier molecular flexibility index (Phi) is 4.89. The molecule has 1 aromatic rings. The molecule has 1 fully saturated rings. The zero-order chi connectivity index (χ0) is 14.5. The van der Waals surface area contributed by atoms with Crippen LogP contribution in [0.4, 0.5) is 0 Å². The number of aromatic nitrogens is 2. The molecule has 2 heterocycles. The molecule has 1 N–H and O–H groups in total. The first-order valence-corrected chi connectivity index (χ1v) is 7.04. The lowest BCUT2D eigenvalue weighted by Crippen LogP contribution is -2.43. The van der Waals surface area contributed by atoms with Crippen molar-refractivity contribution in [1.29, 1.82) is 0 Å². The number of hydrogen-bond acceptors (Lipinski definition) is 4. The van der Waals surface area contributed by atoms with Crippen molar-refractivity contribution in [3.05, 3.63) is 23.2 Å². The van der Waals surface area contributed by atoms with Gasteiger partial charge in [0, 0.05) is 25.6 Å². The molecule has 0 spiro atoms. The molecule has 0 aromatic carbocycles. The van der Waals surface area contributed by atoms with Crippen molar-refractivity contribution in [2.24, 2.45) is 5.92 Å². The number of carbonyl (C=O) groups is 2. The van der Waals surface area contributed by atoms with E-state index in [9.17, 15) is 9.59 Å². The highest BCUT2D eigenvalue weighted by molar-refractivity contribution is 6.29. The van der Waals surface area contributed by atoms with Crippen molar-refractivity contribution >= 4 is 23.4 Å². The molecule has 20 heavy (non-hydrogen) atoms. The number of nitrogens with zero attached hydrogens (tertiary/aromatic N) is 3. The maximum atomic E-state index is 12.2. The molecule has 1 saturated heterocycles. The Morgan fingerprint density at radius 1 is 1.40 bits per heavy atom. The molecule has 0 radical (unpaired) electrons. The van der Waals surface area contributed by atoms with Gasteiger partial charge in [0.15, 0.2) is 0 Å². The Hall–Kier alpha value is -1.69. The van der Waals surface area contributed by atoms with Gasteiger partial charge in [0.05, 0.1) is 12.4 Å². The molecule has 1 aliphatic rings. The fourth-order valence-electron chi connectivity index (χ4n) is 2.27. The van der Waals surface area contributed by atoms with Crippen LogP contribution in [-0.2, 0) is 4.79 Å². The van der Waals surface area contributed by atoms with E-state index in [1.54, 1.807) is 4.90 Å². The lowest BCUT2D eigenvalue weighted by atomic mass is 9.95. The SMILES string of the molecule is CCNC(=O)C1CCN(C(=O)c2cncc(Cl)n2)CC1. The smallest absolute Gasteiger partial charge is 0.274 e. The highest BCUT2D eigenvalue weighted by Crippen LogP contribution is 2.19. The number of hydrogen-bond donors (Lipinski definition) is 1. The first-order chi connectivity index (χ1) is 9.61. The number of nitrogens with one attached hydrogen (secondary N) is 1. The van der Waals surface area contributed by atoms with E-state index in [4.69, 9.17) is 11.6 Å². The van der Waals surface area contributed by atoms with Gasteiger partial charge < -0.3 is 10.2 Å². The first kappa shape index (κ1) is 14.7. The Morgan fingerprint density at radius 2 is 2.10 bits per heavy atom. The topological polar surface area (TPSA) is 75.2 Å². The molecular weight excluding hydrogens is 280 g/mol. The summed E-state index contributed by atoms with van der Waals surface area (Å²) in [5, 5.41) is 3.02. The van der Waals surface area contributed by atoms with E-state index in [1.165, 1.54) is 12.4 Å². The fourth-order valence-corrected chi connectivity index (χ4v) is 2.42. The Balaban J connectivity index is 1.93. The third-order valence-corrected chi connectivity index (χ3v) is 3.51. The predicted octanol–water partition coefficient (Wildman–Crippen LogP) is 1.12. The van der Waals surface area contributed by atoms with Crippen LogP contribution in [0.2, 0.25) is 5.15 Å². The van der Waals surface area contributed by atoms with Crippen molar-refractivity contribution in [2.75, 3.05) is 19.6 Å². The quantitative estimate of drug-likeness (QED) is 0.907. The highest BCUT2D eigenvalue weighted by atomic mass is 35.5. The largest absolute Gasteiger partial charge is 0.356 e. The average molecular weight is 297 g/mol. The van der Waals surface area contributed by atoms with Crippen LogP contribution in [0.5, 0.6) is 0 Å². The number of amides is 2. The van der Waals surface area contributed by atoms with Crippen molar-refractivity contribution < 1.29 is 9.59 Å². The number of rotatable bonds is 3. The van der Waals surface area contributed by atoms with E-state index in [1.807, 2.05) is 6.92 Å². The van der Waals surface area contributed by atoms with E-state index in [-0.39, 0.29) is 28.6 Å². The van der Waals surface area contributed by atoms with E-state index in [0.717, 1.165) is 0 Å². The monoisotopic (exact) mass is 296 g/mol. The number of halogens is 1. The third kappa shape index (κ3) is 3.45. The summed E-state index contributed by atoms with van der Waals surface area (Å²) in [5.41, 5.74) is 0.244. The zero-order valence-electron chi connectivity index (χ0n) is 11.3. The molecule has 2 amide bonds. The third-order valence-electron chi connectivity index (χ3n) is 3.33. The van der Waals surface area contributed by atoms with Gasteiger partial charge in [-0.1, -0.05) is 11.6 Å². The average Bonchev–Trinajstić information content (AvgIpc) is 2.47. The van der Waals surface area contributed by atoms with Gasteiger partial charge in [-0.2, -0.15) is 0 Å². The molecule has 7 heteroatoms. The van der Waals surface area contributed by atoms with Gasteiger partial charge in [-0.05, 0) is 19.8 Å². The standard InChI is InChI=1S/C13H17ClN4O2/c1-2-16-12(19)9-3-5-18(6-4-9)13(20)10-7-15-8-11(14)17-10/h7-9H,2-6H2,1H3,(H,16,19). The molecule has 0 aliphatic carbocycles. The minimum Gasteiger partial charge on any atom is -0.356 e. The van der Waals surface area contributed by atoms with E-state index in [2.05, 4.69) is 15.3 Å². The van der Waals surface area contributed by atoms with Crippen molar-refractivity contribution in [2.45, 2.75) is 19.8 Å². The summed E-state index contributed by atoms with van der Waals surface area (Å²) in [6.45, 7) is 3.63. The van der Waals surface area contributed by atoms with Crippen LogP contribution in [0.3, 0.4) is 0 Å². The summed E-state index contributed by atoms with van der Waals surface area (Å²) in [6.07, 6.45) is 4.14. The Morgan fingerprint density at radius 3 is 2.70 bits per heavy atom. The van der Waals surface area contributed by atoms with E-state index < -0.39 is 0 Å². The second-order valence-corrected chi connectivity index (χ2v) is 5.08. The minimum atomic E-state index is -0.186. The fraction of sp³-hybridized carbons (Fsp3) is 0.538. The summed E-state index contributed by atoms with van der Waals surface area (Å²) >= 11 is 5.73. The van der Waals surface area contributed by atoms with Crippen LogP contribution in [0, 0.1) is 5.92 Å². The number of piperidine rings is 1. The highest BCUT2D eigenvalue weighted by Gasteiger charge is 2.28. The molecule has 1 aromatic heterocycles. The van der Waals surface area contributed by atoms with Gasteiger partial charge in [0.2, 0.25) is 5.91 Å². The molecule has 6 nitrogen and oxygen atoms in total.